The van der Waals surface area contributed by atoms with E-state index in [1.807, 2.05) is 38.1 Å². The van der Waals surface area contributed by atoms with Crippen LogP contribution in [-0.2, 0) is 5.60 Å². The monoisotopic (exact) mass is 518 g/mol. The van der Waals surface area contributed by atoms with Crippen LogP contribution in [0.1, 0.15) is 40.1 Å². The molecule has 39 heavy (non-hydrogen) atoms. The van der Waals surface area contributed by atoms with Gasteiger partial charge in [0.05, 0.1) is 23.9 Å². The Morgan fingerprint density at radius 1 is 0.872 bits per heavy atom. The number of aromatic hydroxyl groups is 1. The van der Waals surface area contributed by atoms with Crippen LogP contribution in [0.3, 0.4) is 0 Å². The van der Waals surface area contributed by atoms with Gasteiger partial charge in [0.25, 0.3) is 11.8 Å². The lowest BCUT2D eigenvalue weighted by Gasteiger charge is -2.36. The van der Waals surface area contributed by atoms with Crippen molar-refractivity contribution < 1.29 is 28.6 Å². The predicted octanol–water partition coefficient (Wildman–Crippen LogP) is 6.30. The number of benzene rings is 4. The Bertz CT molecular complexity index is 1820. The number of nitrogens with zero attached hydrogens (tertiary/aromatic N) is 2. The van der Waals surface area contributed by atoms with E-state index in [0.717, 1.165) is 11.1 Å². The zero-order chi connectivity index (χ0) is 27.1. The van der Waals surface area contributed by atoms with E-state index in [1.54, 1.807) is 48.5 Å². The van der Waals surface area contributed by atoms with Crippen molar-refractivity contribution in [3.05, 3.63) is 89.5 Å². The van der Waals surface area contributed by atoms with Gasteiger partial charge in [-0.15, -0.1) is 0 Å². The summed E-state index contributed by atoms with van der Waals surface area (Å²) in [4.78, 5) is 33.1. The number of anilines is 1. The number of hydrogen-bond donors (Lipinski definition) is 1. The average Bonchev–Trinajstić information content (AvgIpc) is 3.48. The molecule has 2 aliphatic rings. The number of rotatable bonds is 3. The number of oxazole rings is 1. The fourth-order valence-electron chi connectivity index (χ4n) is 5.50. The molecule has 0 saturated heterocycles. The second-order valence-electron chi connectivity index (χ2n) is 10.00. The van der Waals surface area contributed by atoms with Crippen LogP contribution >= 0.6 is 0 Å². The molecule has 7 rings (SSSR count). The lowest BCUT2D eigenvalue weighted by molar-refractivity contribution is 0.0897. The first-order valence-corrected chi connectivity index (χ1v) is 12.4. The maximum absolute atomic E-state index is 13.9. The molecular formula is C31H22N2O6. The van der Waals surface area contributed by atoms with Crippen LogP contribution in [0, 0.1) is 0 Å². The van der Waals surface area contributed by atoms with Crippen molar-refractivity contribution in [2.45, 2.75) is 19.4 Å². The Balaban J connectivity index is 1.30. The maximum Gasteiger partial charge on any atom is 0.266 e. The summed E-state index contributed by atoms with van der Waals surface area (Å²) in [5, 5.41) is 10.7. The van der Waals surface area contributed by atoms with E-state index in [9.17, 15) is 14.7 Å². The molecule has 0 bridgehead atoms. The number of phenols is 1. The van der Waals surface area contributed by atoms with E-state index in [4.69, 9.17) is 13.9 Å². The highest BCUT2D eigenvalue weighted by Gasteiger charge is 2.46. The molecule has 0 radical (unpaired) electrons. The third-order valence-corrected chi connectivity index (χ3v) is 7.29. The van der Waals surface area contributed by atoms with Gasteiger partial charge in [-0.3, -0.25) is 9.59 Å². The van der Waals surface area contributed by atoms with E-state index in [2.05, 4.69) is 4.98 Å². The number of ether oxygens (including phenoxy) is 2. The fourth-order valence-corrected chi connectivity index (χ4v) is 5.50. The van der Waals surface area contributed by atoms with Gasteiger partial charge in [-0.25, -0.2) is 9.88 Å². The minimum Gasteiger partial charge on any atom is -0.502 e. The third kappa shape index (κ3) is 3.21. The summed E-state index contributed by atoms with van der Waals surface area (Å²) >= 11 is 0. The molecule has 8 nitrogen and oxygen atoms in total. The third-order valence-electron chi connectivity index (χ3n) is 7.29. The van der Waals surface area contributed by atoms with Gasteiger partial charge in [-0.05, 0) is 74.0 Å². The van der Waals surface area contributed by atoms with E-state index >= 15 is 0 Å². The molecular weight excluding hydrogens is 496 g/mol. The van der Waals surface area contributed by atoms with Crippen LogP contribution < -0.4 is 14.4 Å². The van der Waals surface area contributed by atoms with Crippen molar-refractivity contribution in [1.29, 1.82) is 0 Å². The molecule has 8 heteroatoms. The minimum absolute atomic E-state index is 0.114. The number of aromatic nitrogens is 1. The molecule has 3 heterocycles. The average molecular weight is 519 g/mol. The van der Waals surface area contributed by atoms with Gasteiger partial charge in [-0.2, -0.15) is 0 Å². The van der Waals surface area contributed by atoms with Gasteiger partial charge in [0, 0.05) is 16.7 Å². The molecule has 0 spiro atoms. The van der Waals surface area contributed by atoms with Gasteiger partial charge in [-0.1, -0.05) is 18.2 Å². The summed E-state index contributed by atoms with van der Waals surface area (Å²) in [6.45, 7) is 3.62. The van der Waals surface area contributed by atoms with Crippen molar-refractivity contribution >= 4 is 28.6 Å². The van der Waals surface area contributed by atoms with Gasteiger partial charge >= 0.3 is 0 Å². The summed E-state index contributed by atoms with van der Waals surface area (Å²) in [6, 6.07) is 21.3. The molecule has 192 valence electrons. The van der Waals surface area contributed by atoms with Crippen molar-refractivity contribution in [3.63, 3.8) is 0 Å². The summed E-state index contributed by atoms with van der Waals surface area (Å²) in [7, 11) is 1.47. The summed E-state index contributed by atoms with van der Waals surface area (Å²) in [5.41, 5.74) is 4.11. The SMILES string of the molecule is COc1ccc2c(c1O)OC(C)(C)c1c-2ccc2c1C(=O)N(c1ccc(-c3nc4ccccc4o3)cc1)C2=O. The maximum atomic E-state index is 13.9. The molecule has 0 atom stereocenters. The molecule has 0 saturated carbocycles. The summed E-state index contributed by atoms with van der Waals surface area (Å²) < 4.78 is 17.3. The van der Waals surface area contributed by atoms with Gasteiger partial charge in [0.15, 0.2) is 17.1 Å². The Labute approximate surface area is 223 Å². The van der Waals surface area contributed by atoms with Crippen LogP contribution in [0.15, 0.2) is 77.2 Å². The Morgan fingerprint density at radius 2 is 1.59 bits per heavy atom. The van der Waals surface area contributed by atoms with Gasteiger partial charge in [0.2, 0.25) is 11.6 Å². The number of carbonyl (C=O) groups excluding carboxylic acids is 2. The number of amides is 2. The van der Waals surface area contributed by atoms with Crippen LogP contribution in [0.4, 0.5) is 5.69 Å². The molecule has 5 aromatic rings. The van der Waals surface area contributed by atoms with Crippen LogP contribution in [0.2, 0.25) is 0 Å². The van der Waals surface area contributed by atoms with Crippen molar-refractivity contribution in [1.82, 2.24) is 4.98 Å². The topological polar surface area (TPSA) is 102 Å². The molecule has 0 aliphatic carbocycles. The normalized spacial score (nSPS) is 15.1. The molecule has 2 amide bonds. The number of methoxy groups -OCH3 is 1. The van der Waals surface area contributed by atoms with Gasteiger partial charge in [0.1, 0.15) is 11.1 Å². The zero-order valence-corrected chi connectivity index (χ0v) is 21.3. The molecule has 1 N–H and O–H groups in total. The second kappa shape index (κ2) is 7.94. The van der Waals surface area contributed by atoms with E-state index in [0.29, 0.717) is 45.0 Å². The predicted molar refractivity (Wildman–Crippen MR) is 144 cm³/mol. The van der Waals surface area contributed by atoms with E-state index in [-0.39, 0.29) is 17.2 Å². The van der Waals surface area contributed by atoms with Crippen molar-refractivity contribution in [2.75, 3.05) is 12.0 Å². The quantitative estimate of drug-likeness (QED) is 0.280. The number of imide groups is 1. The standard InChI is InChI=1S/C31H22N2O6/c1-31(2)25-18(19-14-15-23(37-3)26(34)27(19)39-31)12-13-20-24(25)30(36)33(29(20)35)17-10-8-16(9-11-17)28-32-21-6-4-5-7-22(21)38-28/h4-15,34H,1-3H3. The molecule has 4 aromatic carbocycles. The van der Waals surface area contributed by atoms with E-state index in [1.165, 1.54) is 12.0 Å². The lowest BCUT2D eigenvalue weighted by atomic mass is 9.81. The summed E-state index contributed by atoms with van der Waals surface area (Å²) in [5.74, 6) is 0.0583. The lowest BCUT2D eigenvalue weighted by Crippen LogP contribution is -2.33. The highest BCUT2D eigenvalue weighted by atomic mass is 16.5. The highest BCUT2D eigenvalue weighted by molar-refractivity contribution is 6.35. The van der Waals surface area contributed by atoms with E-state index < -0.39 is 17.4 Å². The van der Waals surface area contributed by atoms with Crippen LogP contribution in [0.5, 0.6) is 17.2 Å². The number of phenolic OH excluding ortho intramolecular Hbond substituents is 1. The van der Waals surface area contributed by atoms with Crippen LogP contribution in [-0.4, -0.2) is 29.0 Å². The number of carbonyl (C=O) groups is 2. The first kappa shape index (κ1) is 23.0. The highest BCUT2D eigenvalue weighted by Crippen LogP contribution is 2.54. The summed E-state index contributed by atoms with van der Waals surface area (Å²) in [6.07, 6.45) is 0. The smallest absolute Gasteiger partial charge is 0.266 e. The molecule has 0 unspecified atom stereocenters. The first-order chi connectivity index (χ1) is 18.8. The molecule has 2 aliphatic heterocycles. The number of fused-ring (bicyclic) bond motifs is 6. The van der Waals surface area contributed by atoms with Crippen molar-refractivity contribution in [2.24, 2.45) is 0 Å². The zero-order valence-electron chi connectivity index (χ0n) is 21.3. The van der Waals surface area contributed by atoms with Crippen LogP contribution in [0.25, 0.3) is 33.7 Å². The Kier molecular flexibility index (Phi) is 4.69. The van der Waals surface area contributed by atoms with Crippen molar-refractivity contribution in [3.8, 4) is 39.8 Å². The second-order valence-corrected chi connectivity index (χ2v) is 10.00. The molecule has 1 aromatic heterocycles. The molecule has 0 fully saturated rings. The minimum atomic E-state index is -1.01. The fraction of sp³-hybridized carbons (Fsp3) is 0.129. The Hall–Kier alpha value is -5.11. The number of hydrogen-bond acceptors (Lipinski definition) is 7. The van der Waals surface area contributed by atoms with Gasteiger partial charge < -0.3 is 19.0 Å². The largest absolute Gasteiger partial charge is 0.502 e. The first-order valence-electron chi connectivity index (χ1n) is 12.4. The number of para-hydroxylation sites is 2. The Morgan fingerprint density at radius 3 is 2.33 bits per heavy atom.